The Balaban J connectivity index is 2.79. The fraction of sp³-hybridized carbons (Fsp3) is 0.455. The molecule has 78 valence electrons. The molecule has 0 amide bonds. The summed E-state index contributed by atoms with van der Waals surface area (Å²) >= 11 is 0. The molecule has 0 spiro atoms. The van der Waals surface area contributed by atoms with E-state index in [2.05, 4.69) is 0 Å². The van der Waals surface area contributed by atoms with Gasteiger partial charge in [0.15, 0.2) is 0 Å². The first kappa shape index (κ1) is 11.4. The molecule has 0 saturated heterocycles. The van der Waals surface area contributed by atoms with Crippen LogP contribution in [0, 0.1) is 5.92 Å². The molecule has 0 heterocycles. The Bertz CT molecular complexity index is 321. The monoisotopic (exact) mass is 212 g/mol. The van der Waals surface area contributed by atoms with Crippen LogP contribution >= 0.6 is 0 Å². The van der Waals surface area contributed by atoms with Crippen LogP contribution in [0.1, 0.15) is 19.4 Å². The number of hydrogen-bond donors (Lipinski definition) is 1. The van der Waals surface area contributed by atoms with Crippen LogP contribution in [-0.2, 0) is 17.4 Å². The highest BCUT2D eigenvalue weighted by atomic mass is 32.2. The van der Waals surface area contributed by atoms with Gasteiger partial charge in [0.05, 0.1) is 17.4 Å². The Kier molecular flexibility index (Phi) is 4.29. The summed E-state index contributed by atoms with van der Waals surface area (Å²) in [7, 11) is -0.937. The SMILES string of the molecule is CC(C)C[S@](=O)c1cccc(CO)c1. The van der Waals surface area contributed by atoms with Crippen LogP contribution in [0.3, 0.4) is 0 Å². The fourth-order valence-electron chi connectivity index (χ4n) is 1.18. The van der Waals surface area contributed by atoms with Crippen LogP contribution in [0.5, 0.6) is 0 Å². The van der Waals surface area contributed by atoms with Crippen molar-refractivity contribution >= 4 is 10.8 Å². The van der Waals surface area contributed by atoms with Crippen molar-refractivity contribution in [3.05, 3.63) is 29.8 Å². The Morgan fingerprint density at radius 2 is 2.14 bits per heavy atom. The minimum Gasteiger partial charge on any atom is -0.392 e. The third-order valence-electron chi connectivity index (χ3n) is 1.83. The topological polar surface area (TPSA) is 37.3 Å². The third-order valence-corrected chi connectivity index (χ3v) is 3.58. The molecule has 0 bridgehead atoms. The van der Waals surface area contributed by atoms with E-state index >= 15 is 0 Å². The fourth-order valence-corrected chi connectivity index (χ4v) is 2.50. The second-order valence-electron chi connectivity index (χ2n) is 3.71. The van der Waals surface area contributed by atoms with Gasteiger partial charge in [-0.25, -0.2) is 0 Å². The molecule has 0 aliphatic rings. The van der Waals surface area contributed by atoms with Gasteiger partial charge < -0.3 is 5.11 Å². The summed E-state index contributed by atoms with van der Waals surface area (Å²) in [5.74, 6) is 1.10. The summed E-state index contributed by atoms with van der Waals surface area (Å²) in [6.45, 7) is 4.11. The van der Waals surface area contributed by atoms with Crippen molar-refractivity contribution < 1.29 is 9.32 Å². The molecule has 1 rings (SSSR count). The molecule has 1 atom stereocenters. The highest BCUT2D eigenvalue weighted by Gasteiger charge is 2.06. The summed E-state index contributed by atoms with van der Waals surface area (Å²) in [4.78, 5) is 0.810. The summed E-state index contributed by atoms with van der Waals surface area (Å²) in [6.07, 6.45) is 0. The zero-order chi connectivity index (χ0) is 10.6. The lowest BCUT2D eigenvalue weighted by molar-refractivity contribution is 0.281. The van der Waals surface area contributed by atoms with Gasteiger partial charge in [-0.2, -0.15) is 0 Å². The smallest absolute Gasteiger partial charge is 0.0682 e. The molecule has 0 unspecified atom stereocenters. The van der Waals surface area contributed by atoms with E-state index in [0.29, 0.717) is 11.7 Å². The maximum atomic E-state index is 11.8. The van der Waals surface area contributed by atoms with Gasteiger partial charge in [-0.1, -0.05) is 26.0 Å². The maximum Gasteiger partial charge on any atom is 0.0682 e. The van der Waals surface area contributed by atoms with Crippen LogP contribution in [0.25, 0.3) is 0 Å². The van der Waals surface area contributed by atoms with E-state index in [9.17, 15) is 4.21 Å². The van der Waals surface area contributed by atoms with E-state index in [-0.39, 0.29) is 6.61 Å². The molecule has 2 nitrogen and oxygen atoms in total. The number of aliphatic hydroxyl groups excluding tert-OH is 1. The molecule has 3 heteroatoms. The first-order chi connectivity index (χ1) is 6.63. The van der Waals surface area contributed by atoms with Crippen LogP contribution in [0.15, 0.2) is 29.2 Å². The molecule has 0 fully saturated rings. The van der Waals surface area contributed by atoms with Crippen molar-refractivity contribution in [2.75, 3.05) is 5.75 Å². The van der Waals surface area contributed by atoms with Gasteiger partial charge >= 0.3 is 0 Å². The van der Waals surface area contributed by atoms with Gasteiger partial charge in [0, 0.05) is 10.6 Å². The van der Waals surface area contributed by atoms with Gasteiger partial charge in [0.1, 0.15) is 0 Å². The number of rotatable bonds is 4. The molecule has 0 aromatic heterocycles. The third kappa shape index (κ3) is 3.24. The molecular weight excluding hydrogens is 196 g/mol. The first-order valence-electron chi connectivity index (χ1n) is 4.71. The van der Waals surface area contributed by atoms with E-state index in [1.165, 1.54) is 0 Å². The van der Waals surface area contributed by atoms with Crippen LogP contribution in [-0.4, -0.2) is 15.1 Å². The average molecular weight is 212 g/mol. The Morgan fingerprint density at radius 3 is 2.71 bits per heavy atom. The van der Waals surface area contributed by atoms with E-state index in [1.54, 1.807) is 6.07 Å². The second kappa shape index (κ2) is 5.27. The highest BCUT2D eigenvalue weighted by molar-refractivity contribution is 7.85. The van der Waals surface area contributed by atoms with Gasteiger partial charge in [-0.05, 0) is 23.6 Å². The lowest BCUT2D eigenvalue weighted by Crippen LogP contribution is -2.04. The van der Waals surface area contributed by atoms with Crippen LogP contribution < -0.4 is 0 Å². The minimum atomic E-state index is -0.937. The molecule has 1 aromatic carbocycles. The lowest BCUT2D eigenvalue weighted by atomic mass is 10.2. The predicted octanol–water partition coefficient (Wildman–Crippen LogP) is 1.94. The van der Waals surface area contributed by atoms with E-state index in [4.69, 9.17) is 5.11 Å². The van der Waals surface area contributed by atoms with E-state index in [1.807, 2.05) is 32.0 Å². The number of benzene rings is 1. The van der Waals surface area contributed by atoms with Crippen molar-refractivity contribution in [3.63, 3.8) is 0 Å². The van der Waals surface area contributed by atoms with Gasteiger partial charge in [-0.15, -0.1) is 0 Å². The molecule has 0 aliphatic heterocycles. The van der Waals surface area contributed by atoms with Gasteiger partial charge in [-0.3, -0.25) is 4.21 Å². The summed E-state index contributed by atoms with van der Waals surface area (Å²) in [5.41, 5.74) is 0.819. The van der Waals surface area contributed by atoms with Crippen molar-refractivity contribution in [1.29, 1.82) is 0 Å². The Hall–Kier alpha value is -0.670. The summed E-state index contributed by atoms with van der Waals surface area (Å²) in [6, 6.07) is 7.31. The molecule has 0 aliphatic carbocycles. The standard InChI is InChI=1S/C11H16O2S/c1-9(2)8-14(13)11-5-3-4-10(6-11)7-12/h3-6,9,12H,7-8H2,1-2H3/t14-/m0/s1. The van der Waals surface area contributed by atoms with Crippen molar-refractivity contribution in [3.8, 4) is 0 Å². The normalized spacial score (nSPS) is 13.1. The molecular formula is C11H16O2S. The molecule has 1 aromatic rings. The van der Waals surface area contributed by atoms with Gasteiger partial charge in [0.2, 0.25) is 0 Å². The first-order valence-corrected chi connectivity index (χ1v) is 6.03. The van der Waals surface area contributed by atoms with Crippen molar-refractivity contribution in [1.82, 2.24) is 0 Å². The molecule has 0 radical (unpaired) electrons. The van der Waals surface area contributed by atoms with Crippen molar-refractivity contribution in [2.24, 2.45) is 5.92 Å². The van der Waals surface area contributed by atoms with E-state index < -0.39 is 10.8 Å². The zero-order valence-corrected chi connectivity index (χ0v) is 9.38. The minimum absolute atomic E-state index is 0.00667. The average Bonchev–Trinajstić information content (AvgIpc) is 2.17. The molecule has 0 saturated carbocycles. The van der Waals surface area contributed by atoms with Crippen LogP contribution in [0.2, 0.25) is 0 Å². The second-order valence-corrected chi connectivity index (χ2v) is 5.21. The van der Waals surface area contributed by atoms with Crippen molar-refractivity contribution in [2.45, 2.75) is 25.3 Å². The summed E-state index contributed by atoms with van der Waals surface area (Å²) in [5, 5.41) is 8.93. The molecule has 1 N–H and O–H groups in total. The Morgan fingerprint density at radius 1 is 1.43 bits per heavy atom. The van der Waals surface area contributed by atoms with Gasteiger partial charge in [0.25, 0.3) is 0 Å². The van der Waals surface area contributed by atoms with Crippen LogP contribution in [0.4, 0.5) is 0 Å². The lowest BCUT2D eigenvalue weighted by Gasteiger charge is -2.06. The predicted molar refractivity (Wildman–Crippen MR) is 58.5 cm³/mol. The quantitative estimate of drug-likeness (QED) is 0.828. The highest BCUT2D eigenvalue weighted by Crippen LogP contribution is 2.12. The summed E-state index contributed by atoms with van der Waals surface area (Å²) < 4.78 is 11.8. The number of aliphatic hydroxyl groups is 1. The number of hydrogen-bond acceptors (Lipinski definition) is 2. The molecule has 14 heavy (non-hydrogen) atoms. The Labute approximate surface area is 87.4 Å². The zero-order valence-electron chi connectivity index (χ0n) is 8.56. The largest absolute Gasteiger partial charge is 0.392 e. The van der Waals surface area contributed by atoms with E-state index in [0.717, 1.165) is 10.5 Å². The maximum absolute atomic E-state index is 11.8.